The quantitative estimate of drug-likeness (QED) is 0.745. The van der Waals surface area contributed by atoms with Gasteiger partial charge in [-0.3, -0.25) is 0 Å². The first-order valence-electron chi connectivity index (χ1n) is 4.37. The second-order valence-corrected chi connectivity index (χ2v) is 3.91. The lowest BCUT2D eigenvalue weighted by Gasteiger charge is -2.20. The molecule has 0 bridgehead atoms. The number of benzene rings is 1. The molecule has 0 saturated heterocycles. The van der Waals surface area contributed by atoms with Crippen LogP contribution in [-0.2, 0) is 5.54 Å². The molecule has 0 amide bonds. The molecule has 0 saturated carbocycles. The fourth-order valence-electron chi connectivity index (χ4n) is 1.41. The molecule has 0 aliphatic carbocycles. The van der Waals surface area contributed by atoms with Gasteiger partial charge in [-0.2, -0.15) is 0 Å². The standard InChI is InChI=1S/C10H12FNO2/c1-10(2,12)6-3-8-9(4-7(6)11)14-5-13-8/h3-4H,5,12H2,1-2H3. The Balaban J connectivity index is 2.53. The Labute approximate surface area is 81.6 Å². The van der Waals surface area contributed by atoms with Gasteiger partial charge >= 0.3 is 0 Å². The minimum absolute atomic E-state index is 0.142. The number of nitrogens with two attached hydrogens (primary N) is 1. The first kappa shape index (κ1) is 9.27. The zero-order valence-corrected chi connectivity index (χ0v) is 8.13. The van der Waals surface area contributed by atoms with Crippen LogP contribution in [0.1, 0.15) is 19.4 Å². The van der Waals surface area contributed by atoms with Gasteiger partial charge in [0.15, 0.2) is 11.5 Å². The van der Waals surface area contributed by atoms with Crippen molar-refractivity contribution < 1.29 is 13.9 Å². The van der Waals surface area contributed by atoms with Crippen molar-refractivity contribution in [3.05, 3.63) is 23.5 Å². The summed E-state index contributed by atoms with van der Waals surface area (Å²) in [5, 5.41) is 0. The third kappa shape index (κ3) is 1.42. The van der Waals surface area contributed by atoms with Crippen molar-refractivity contribution in [2.45, 2.75) is 19.4 Å². The summed E-state index contributed by atoms with van der Waals surface area (Å²) in [6.07, 6.45) is 0. The van der Waals surface area contributed by atoms with E-state index in [4.69, 9.17) is 15.2 Å². The Morgan fingerprint density at radius 1 is 1.29 bits per heavy atom. The fraction of sp³-hybridized carbons (Fsp3) is 0.400. The Kier molecular flexibility index (Phi) is 1.89. The third-order valence-electron chi connectivity index (χ3n) is 2.16. The summed E-state index contributed by atoms with van der Waals surface area (Å²) in [6.45, 7) is 3.63. The molecule has 14 heavy (non-hydrogen) atoms. The van der Waals surface area contributed by atoms with Crippen LogP contribution in [0, 0.1) is 5.82 Å². The average Bonchev–Trinajstić information content (AvgIpc) is 2.47. The molecule has 0 unspecified atom stereocenters. The van der Waals surface area contributed by atoms with E-state index in [0.717, 1.165) is 0 Å². The first-order valence-corrected chi connectivity index (χ1v) is 4.37. The fourth-order valence-corrected chi connectivity index (χ4v) is 1.41. The van der Waals surface area contributed by atoms with E-state index in [9.17, 15) is 4.39 Å². The number of fused-ring (bicyclic) bond motifs is 1. The van der Waals surface area contributed by atoms with Gasteiger partial charge in [0, 0.05) is 17.2 Å². The van der Waals surface area contributed by atoms with Gasteiger partial charge in [0.05, 0.1) is 0 Å². The monoisotopic (exact) mass is 197 g/mol. The largest absolute Gasteiger partial charge is 0.454 e. The summed E-state index contributed by atoms with van der Waals surface area (Å²) in [6, 6.07) is 2.91. The van der Waals surface area contributed by atoms with Gasteiger partial charge in [-0.05, 0) is 19.9 Å². The Morgan fingerprint density at radius 2 is 1.86 bits per heavy atom. The molecule has 1 aromatic carbocycles. The van der Waals surface area contributed by atoms with Crippen LogP contribution in [0.4, 0.5) is 4.39 Å². The lowest BCUT2D eigenvalue weighted by molar-refractivity contribution is 0.173. The molecule has 0 radical (unpaired) electrons. The number of rotatable bonds is 1. The first-order chi connectivity index (χ1) is 6.48. The SMILES string of the molecule is CC(C)(N)c1cc2c(cc1F)OCO2. The molecule has 0 spiro atoms. The highest BCUT2D eigenvalue weighted by atomic mass is 19.1. The average molecular weight is 197 g/mol. The molecule has 3 nitrogen and oxygen atoms in total. The number of hydrogen-bond acceptors (Lipinski definition) is 3. The van der Waals surface area contributed by atoms with Crippen molar-refractivity contribution in [3.8, 4) is 11.5 Å². The lowest BCUT2D eigenvalue weighted by atomic mass is 9.95. The second-order valence-electron chi connectivity index (χ2n) is 3.91. The molecule has 0 fully saturated rings. The van der Waals surface area contributed by atoms with Crippen LogP contribution in [0.2, 0.25) is 0 Å². The topological polar surface area (TPSA) is 44.5 Å². The van der Waals surface area contributed by atoms with Crippen LogP contribution in [0.3, 0.4) is 0 Å². The van der Waals surface area contributed by atoms with Crippen molar-refractivity contribution in [2.24, 2.45) is 5.73 Å². The molecule has 4 heteroatoms. The number of ether oxygens (including phenoxy) is 2. The van der Waals surface area contributed by atoms with Crippen LogP contribution in [-0.4, -0.2) is 6.79 Å². The predicted molar refractivity (Wildman–Crippen MR) is 49.7 cm³/mol. The maximum atomic E-state index is 13.5. The Morgan fingerprint density at radius 3 is 2.43 bits per heavy atom. The van der Waals surface area contributed by atoms with E-state index < -0.39 is 5.54 Å². The van der Waals surface area contributed by atoms with Crippen LogP contribution in [0.15, 0.2) is 12.1 Å². The van der Waals surface area contributed by atoms with Gasteiger partial charge < -0.3 is 15.2 Å². The normalized spacial score (nSPS) is 14.6. The van der Waals surface area contributed by atoms with Crippen molar-refractivity contribution >= 4 is 0 Å². The van der Waals surface area contributed by atoms with Crippen LogP contribution >= 0.6 is 0 Å². The smallest absolute Gasteiger partial charge is 0.231 e. The van der Waals surface area contributed by atoms with Gasteiger partial charge in [0.1, 0.15) is 5.82 Å². The number of halogens is 1. The Hall–Kier alpha value is -1.29. The van der Waals surface area contributed by atoms with Gasteiger partial charge in [-0.25, -0.2) is 4.39 Å². The molecule has 0 aromatic heterocycles. The lowest BCUT2D eigenvalue weighted by Crippen LogP contribution is -2.29. The van der Waals surface area contributed by atoms with Gasteiger partial charge in [-0.1, -0.05) is 0 Å². The third-order valence-corrected chi connectivity index (χ3v) is 2.16. The Bertz CT molecular complexity index is 371. The van der Waals surface area contributed by atoms with Gasteiger partial charge in [0.25, 0.3) is 0 Å². The predicted octanol–water partition coefficient (Wildman–Crippen LogP) is 1.75. The summed E-state index contributed by atoms with van der Waals surface area (Å²) < 4.78 is 23.7. The molecule has 2 rings (SSSR count). The second kappa shape index (κ2) is 2.85. The zero-order chi connectivity index (χ0) is 10.3. The molecule has 1 aliphatic rings. The van der Waals surface area contributed by atoms with E-state index in [2.05, 4.69) is 0 Å². The van der Waals surface area contributed by atoms with Crippen molar-refractivity contribution in [1.29, 1.82) is 0 Å². The van der Waals surface area contributed by atoms with E-state index in [1.807, 2.05) is 0 Å². The molecular formula is C10H12FNO2. The van der Waals surface area contributed by atoms with E-state index in [-0.39, 0.29) is 12.6 Å². The van der Waals surface area contributed by atoms with Crippen LogP contribution in [0.25, 0.3) is 0 Å². The van der Waals surface area contributed by atoms with Crippen molar-refractivity contribution in [1.82, 2.24) is 0 Å². The molecule has 1 aromatic rings. The van der Waals surface area contributed by atoms with E-state index in [0.29, 0.717) is 17.1 Å². The van der Waals surface area contributed by atoms with Crippen molar-refractivity contribution in [2.75, 3.05) is 6.79 Å². The number of hydrogen-bond donors (Lipinski definition) is 1. The van der Waals surface area contributed by atoms with Crippen LogP contribution < -0.4 is 15.2 Å². The van der Waals surface area contributed by atoms with E-state index >= 15 is 0 Å². The maximum Gasteiger partial charge on any atom is 0.231 e. The van der Waals surface area contributed by atoms with Crippen LogP contribution in [0.5, 0.6) is 11.5 Å². The summed E-state index contributed by atoms with van der Waals surface area (Å²) in [4.78, 5) is 0. The summed E-state index contributed by atoms with van der Waals surface area (Å²) >= 11 is 0. The minimum Gasteiger partial charge on any atom is -0.454 e. The van der Waals surface area contributed by atoms with Gasteiger partial charge in [-0.15, -0.1) is 0 Å². The minimum atomic E-state index is -0.717. The van der Waals surface area contributed by atoms with Crippen molar-refractivity contribution in [3.63, 3.8) is 0 Å². The highest BCUT2D eigenvalue weighted by Gasteiger charge is 2.24. The maximum absolute atomic E-state index is 13.5. The van der Waals surface area contributed by atoms with E-state index in [1.54, 1.807) is 19.9 Å². The molecule has 1 aliphatic heterocycles. The van der Waals surface area contributed by atoms with E-state index in [1.165, 1.54) is 6.07 Å². The zero-order valence-electron chi connectivity index (χ0n) is 8.13. The highest BCUT2D eigenvalue weighted by molar-refractivity contribution is 5.46. The molecular weight excluding hydrogens is 185 g/mol. The molecule has 2 N–H and O–H groups in total. The molecule has 1 heterocycles. The molecule has 76 valence electrons. The summed E-state index contributed by atoms with van der Waals surface area (Å²) in [5.41, 5.74) is 5.53. The highest BCUT2D eigenvalue weighted by Crippen LogP contribution is 2.36. The summed E-state index contributed by atoms with van der Waals surface area (Å²) in [7, 11) is 0. The van der Waals surface area contributed by atoms with Gasteiger partial charge in [0.2, 0.25) is 6.79 Å². The molecule has 0 atom stereocenters. The summed E-state index contributed by atoms with van der Waals surface area (Å²) in [5.74, 6) is 0.636.